The van der Waals surface area contributed by atoms with Gasteiger partial charge in [-0.3, -0.25) is 0 Å². The number of benzene rings is 2. The molecule has 0 radical (unpaired) electrons. The number of hydrogen-bond donors (Lipinski definition) is 0. The second-order valence-corrected chi connectivity index (χ2v) is 7.25. The molecule has 0 amide bonds. The molecule has 0 saturated heterocycles. The minimum absolute atomic E-state index is 0.131. The van der Waals surface area contributed by atoms with Crippen LogP contribution < -0.4 is 0 Å². The van der Waals surface area contributed by atoms with Crippen molar-refractivity contribution in [3.63, 3.8) is 0 Å². The molecular weight excluding hydrogens is 337 g/mol. The Hall–Kier alpha value is -2.20. The molecule has 0 bridgehead atoms. The van der Waals surface area contributed by atoms with E-state index in [0.29, 0.717) is 11.4 Å². The summed E-state index contributed by atoms with van der Waals surface area (Å²) in [5.74, 6) is 1.39. The van der Waals surface area contributed by atoms with Gasteiger partial charge in [0.15, 0.2) is 5.82 Å². The van der Waals surface area contributed by atoms with Crippen LogP contribution in [0, 0.1) is 12.7 Å². The Kier molecular flexibility index (Phi) is 3.88. The molecule has 4 rings (SSSR count). The van der Waals surface area contributed by atoms with E-state index in [1.807, 2.05) is 29.8 Å². The second kappa shape index (κ2) is 5.95. The van der Waals surface area contributed by atoms with Gasteiger partial charge in [-0.05, 0) is 49.1 Å². The molecule has 3 nitrogen and oxygen atoms in total. The third kappa shape index (κ3) is 2.56. The van der Waals surface area contributed by atoms with Crippen molar-refractivity contribution < 1.29 is 4.39 Å². The highest BCUT2D eigenvalue weighted by Gasteiger charge is 2.44. The normalized spacial score (nSPS) is 15.8. The average molecular weight is 356 g/mol. The van der Waals surface area contributed by atoms with Crippen molar-refractivity contribution in [3.05, 3.63) is 70.3 Å². The zero-order valence-electron chi connectivity index (χ0n) is 14.3. The summed E-state index contributed by atoms with van der Waals surface area (Å²) < 4.78 is 15.9. The van der Waals surface area contributed by atoms with E-state index in [9.17, 15) is 4.39 Å². The topological polar surface area (TPSA) is 30.7 Å². The first-order valence-electron chi connectivity index (χ1n) is 8.44. The SMILES string of the molecule is Cc1ccc(-c2nnc(C3(c4ccc(Cl)cc4)CCC3)n2C)cc1F. The maximum absolute atomic E-state index is 13.9. The summed E-state index contributed by atoms with van der Waals surface area (Å²) in [6.07, 6.45) is 3.22. The summed E-state index contributed by atoms with van der Waals surface area (Å²) in [6, 6.07) is 13.2. The lowest BCUT2D eigenvalue weighted by molar-refractivity contribution is 0.278. The monoisotopic (exact) mass is 355 g/mol. The quantitative estimate of drug-likeness (QED) is 0.658. The molecule has 5 heteroatoms. The fraction of sp³-hybridized carbons (Fsp3) is 0.300. The number of halogens is 2. The first-order chi connectivity index (χ1) is 12.0. The van der Waals surface area contributed by atoms with Gasteiger partial charge in [-0.25, -0.2) is 4.39 Å². The smallest absolute Gasteiger partial charge is 0.163 e. The van der Waals surface area contributed by atoms with E-state index in [1.54, 1.807) is 13.0 Å². The van der Waals surface area contributed by atoms with Crippen LogP contribution in [0.2, 0.25) is 5.02 Å². The van der Waals surface area contributed by atoms with Crippen molar-refractivity contribution in [2.75, 3.05) is 0 Å². The van der Waals surface area contributed by atoms with E-state index in [4.69, 9.17) is 11.6 Å². The number of aryl methyl sites for hydroxylation is 1. The molecular formula is C20H19ClFN3. The Morgan fingerprint density at radius 2 is 1.80 bits per heavy atom. The van der Waals surface area contributed by atoms with Gasteiger partial charge in [0, 0.05) is 17.6 Å². The van der Waals surface area contributed by atoms with Crippen molar-refractivity contribution in [3.8, 4) is 11.4 Å². The summed E-state index contributed by atoms with van der Waals surface area (Å²) in [5.41, 5.74) is 2.45. The summed E-state index contributed by atoms with van der Waals surface area (Å²) >= 11 is 6.04. The van der Waals surface area contributed by atoms with Gasteiger partial charge in [0.25, 0.3) is 0 Å². The minimum Gasteiger partial charge on any atom is -0.313 e. The first kappa shape index (κ1) is 16.3. The molecule has 2 aromatic carbocycles. The molecule has 0 atom stereocenters. The molecule has 0 N–H and O–H groups in total. The third-order valence-electron chi connectivity index (χ3n) is 5.34. The third-order valence-corrected chi connectivity index (χ3v) is 5.59. The van der Waals surface area contributed by atoms with Crippen molar-refractivity contribution in [2.45, 2.75) is 31.6 Å². The molecule has 1 aliphatic carbocycles. The molecule has 3 aromatic rings. The predicted octanol–water partition coefficient (Wildman–Crippen LogP) is 5.05. The Labute approximate surface area is 151 Å². The van der Waals surface area contributed by atoms with Crippen LogP contribution in [0.1, 0.15) is 36.2 Å². The van der Waals surface area contributed by atoms with E-state index < -0.39 is 0 Å². The fourth-order valence-corrected chi connectivity index (χ4v) is 3.80. The van der Waals surface area contributed by atoms with Crippen LogP contribution in [0.3, 0.4) is 0 Å². The highest BCUT2D eigenvalue weighted by molar-refractivity contribution is 6.30. The summed E-state index contributed by atoms with van der Waals surface area (Å²) in [6.45, 7) is 1.76. The summed E-state index contributed by atoms with van der Waals surface area (Å²) in [7, 11) is 1.96. The van der Waals surface area contributed by atoms with Crippen molar-refractivity contribution in [1.82, 2.24) is 14.8 Å². The molecule has 1 fully saturated rings. The zero-order chi connectivity index (χ0) is 17.6. The molecule has 0 spiro atoms. The van der Waals surface area contributed by atoms with Crippen LogP contribution in [0.15, 0.2) is 42.5 Å². The molecule has 1 aromatic heterocycles. The maximum Gasteiger partial charge on any atom is 0.163 e. The van der Waals surface area contributed by atoms with Gasteiger partial charge >= 0.3 is 0 Å². The van der Waals surface area contributed by atoms with E-state index in [2.05, 4.69) is 22.3 Å². The highest BCUT2D eigenvalue weighted by atomic mass is 35.5. The lowest BCUT2D eigenvalue weighted by Crippen LogP contribution is -2.38. The summed E-state index contributed by atoms with van der Waals surface area (Å²) in [5, 5.41) is 9.59. The maximum atomic E-state index is 13.9. The predicted molar refractivity (Wildman–Crippen MR) is 97.2 cm³/mol. The van der Waals surface area contributed by atoms with Gasteiger partial charge in [0.1, 0.15) is 11.6 Å². The molecule has 1 aliphatic rings. The first-order valence-corrected chi connectivity index (χ1v) is 8.81. The van der Waals surface area contributed by atoms with Crippen molar-refractivity contribution in [2.24, 2.45) is 7.05 Å². The van der Waals surface area contributed by atoms with Crippen LogP contribution in [-0.4, -0.2) is 14.8 Å². The van der Waals surface area contributed by atoms with E-state index in [0.717, 1.165) is 35.7 Å². The van der Waals surface area contributed by atoms with Gasteiger partial charge in [-0.15, -0.1) is 10.2 Å². The van der Waals surface area contributed by atoms with Crippen molar-refractivity contribution >= 4 is 11.6 Å². The fourth-order valence-electron chi connectivity index (χ4n) is 3.67. The largest absolute Gasteiger partial charge is 0.313 e. The average Bonchev–Trinajstić information content (AvgIpc) is 2.93. The Balaban J connectivity index is 1.79. The van der Waals surface area contributed by atoms with Crippen LogP contribution in [0.5, 0.6) is 0 Å². The van der Waals surface area contributed by atoms with Gasteiger partial charge in [-0.1, -0.05) is 42.3 Å². The zero-order valence-corrected chi connectivity index (χ0v) is 15.0. The van der Waals surface area contributed by atoms with E-state index >= 15 is 0 Å². The number of aromatic nitrogens is 3. The van der Waals surface area contributed by atoms with E-state index in [1.165, 1.54) is 11.6 Å². The van der Waals surface area contributed by atoms with Gasteiger partial charge in [-0.2, -0.15) is 0 Å². The molecule has 1 saturated carbocycles. The minimum atomic E-state index is -0.224. The molecule has 1 heterocycles. The highest BCUT2D eigenvalue weighted by Crippen LogP contribution is 2.48. The standard InChI is InChI=1S/C20H19ClFN3/c1-13-4-5-14(12-17(13)22)18-23-24-19(25(18)2)20(10-3-11-20)15-6-8-16(21)9-7-15/h4-9,12H,3,10-11H2,1-2H3. The second-order valence-electron chi connectivity index (χ2n) is 6.81. The van der Waals surface area contributed by atoms with Crippen molar-refractivity contribution in [1.29, 1.82) is 0 Å². The molecule has 0 unspecified atom stereocenters. The lowest BCUT2D eigenvalue weighted by Gasteiger charge is -2.41. The molecule has 25 heavy (non-hydrogen) atoms. The van der Waals surface area contributed by atoms with Crippen LogP contribution in [0.25, 0.3) is 11.4 Å². The van der Waals surface area contributed by atoms with Gasteiger partial charge in [0.2, 0.25) is 0 Å². The Morgan fingerprint density at radius 1 is 1.08 bits per heavy atom. The number of nitrogens with zero attached hydrogens (tertiary/aromatic N) is 3. The summed E-state index contributed by atoms with van der Waals surface area (Å²) in [4.78, 5) is 0. The number of hydrogen-bond acceptors (Lipinski definition) is 2. The Bertz CT molecular complexity index is 927. The van der Waals surface area contributed by atoms with Crippen LogP contribution in [-0.2, 0) is 12.5 Å². The Morgan fingerprint density at radius 3 is 2.40 bits per heavy atom. The van der Waals surface area contributed by atoms with E-state index in [-0.39, 0.29) is 11.2 Å². The lowest BCUT2D eigenvalue weighted by atomic mass is 9.64. The van der Waals surface area contributed by atoms with Crippen LogP contribution in [0.4, 0.5) is 4.39 Å². The molecule has 0 aliphatic heterocycles. The van der Waals surface area contributed by atoms with Crippen LogP contribution >= 0.6 is 11.6 Å². The molecule has 128 valence electrons. The van der Waals surface area contributed by atoms with Gasteiger partial charge < -0.3 is 4.57 Å². The van der Waals surface area contributed by atoms with Gasteiger partial charge in [0.05, 0.1) is 5.41 Å². The number of rotatable bonds is 3.